The smallest absolute Gasteiger partial charge is 0.262 e. The van der Waals surface area contributed by atoms with Crippen LogP contribution in [0, 0.1) is 0 Å². The number of benzene rings is 2. The first-order valence-corrected chi connectivity index (χ1v) is 9.43. The summed E-state index contributed by atoms with van der Waals surface area (Å²) >= 11 is 3.57. The maximum absolute atomic E-state index is 13.2. The number of nitrogens with zero attached hydrogens (tertiary/aromatic N) is 1. The van der Waals surface area contributed by atoms with Crippen LogP contribution in [0.1, 0.15) is 46.9 Å². The molecule has 0 unspecified atom stereocenters. The van der Waals surface area contributed by atoms with E-state index in [2.05, 4.69) is 47.1 Å². The van der Waals surface area contributed by atoms with Crippen molar-refractivity contribution in [3.63, 3.8) is 0 Å². The average Bonchev–Trinajstić information content (AvgIpc) is 2.95. The lowest BCUT2D eigenvalue weighted by Crippen LogP contribution is -2.17. The Labute approximate surface area is 150 Å². The van der Waals surface area contributed by atoms with E-state index < -0.39 is 0 Å². The summed E-state index contributed by atoms with van der Waals surface area (Å²) in [6, 6.07) is 14.3. The first-order valence-electron chi connectivity index (χ1n) is 8.64. The number of halogens is 1. The Kier molecular flexibility index (Phi) is 4.05. The van der Waals surface area contributed by atoms with Crippen molar-refractivity contribution in [3.8, 4) is 0 Å². The predicted octanol–water partition coefficient (Wildman–Crippen LogP) is 5.53. The van der Waals surface area contributed by atoms with E-state index in [0.29, 0.717) is 0 Å². The number of carbonyl (C=O) groups excluding carboxylic acids is 1. The number of fused-ring (bicyclic) bond motifs is 3. The van der Waals surface area contributed by atoms with Gasteiger partial charge < -0.3 is 0 Å². The molecule has 0 saturated heterocycles. The largest absolute Gasteiger partial charge is 0.280 e. The van der Waals surface area contributed by atoms with Crippen molar-refractivity contribution in [2.45, 2.75) is 39.0 Å². The molecule has 0 atom stereocenters. The molecule has 1 aromatic heterocycles. The summed E-state index contributed by atoms with van der Waals surface area (Å²) in [5, 5.41) is 1.22. The van der Waals surface area contributed by atoms with Crippen LogP contribution < -0.4 is 0 Å². The quantitative estimate of drug-likeness (QED) is 0.571. The summed E-state index contributed by atoms with van der Waals surface area (Å²) in [5.74, 6) is 0.0909. The number of hydrogen-bond acceptors (Lipinski definition) is 1. The summed E-state index contributed by atoms with van der Waals surface area (Å²) in [5.41, 5.74) is 5.62. The zero-order chi connectivity index (χ0) is 16.7. The molecule has 0 bridgehead atoms. The second kappa shape index (κ2) is 6.21. The number of aromatic nitrogens is 1. The molecule has 1 aliphatic carbocycles. The van der Waals surface area contributed by atoms with Crippen molar-refractivity contribution >= 4 is 32.7 Å². The van der Waals surface area contributed by atoms with Crippen LogP contribution in [0.5, 0.6) is 0 Å². The average molecular weight is 382 g/mol. The third kappa shape index (κ3) is 2.51. The molecule has 122 valence electrons. The van der Waals surface area contributed by atoms with E-state index in [4.69, 9.17) is 0 Å². The van der Waals surface area contributed by atoms with E-state index in [9.17, 15) is 4.79 Å². The third-order valence-corrected chi connectivity index (χ3v) is 5.54. The molecule has 0 amide bonds. The minimum atomic E-state index is 0.0909. The Balaban J connectivity index is 1.90. The highest BCUT2D eigenvalue weighted by molar-refractivity contribution is 9.10. The topological polar surface area (TPSA) is 22.0 Å². The molecule has 1 aliphatic rings. The van der Waals surface area contributed by atoms with Crippen molar-refractivity contribution in [1.82, 2.24) is 4.57 Å². The second-order valence-corrected chi connectivity index (χ2v) is 7.40. The minimum Gasteiger partial charge on any atom is -0.280 e. The Bertz CT molecular complexity index is 921. The highest BCUT2D eigenvalue weighted by Crippen LogP contribution is 2.34. The molecule has 0 saturated carbocycles. The maximum atomic E-state index is 13.2. The molecule has 1 heterocycles. The van der Waals surface area contributed by atoms with Crippen LogP contribution in [0.4, 0.5) is 0 Å². The van der Waals surface area contributed by atoms with Gasteiger partial charge >= 0.3 is 0 Å². The van der Waals surface area contributed by atoms with Crippen LogP contribution >= 0.6 is 15.9 Å². The molecular weight excluding hydrogens is 362 g/mol. The fraction of sp³-hybridized carbons (Fsp3) is 0.286. The molecule has 0 radical (unpaired) electrons. The van der Waals surface area contributed by atoms with Gasteiger partial charge in [-0.3, -0.25) is 9.36 Å². The normalized spacial score (nSPS) is 13.9. The zero-order valence-electron chi connectivity index (χ0n) is 13.8. The van der Waals surface area contributed by atoms with Crippen LogP contribution in [0.2, 0.25) is 0 Å². The molecule has 3 aromatic rings. The van der Waals surface area contributed by atoms with Gasteiger partial charge in [-0.05, 0) is 73.6 Å². The van der Waals surface area contributed by atoms with Gasteiger partial charge in [-0.25, -0.2) is 0 Å². The third-order valence-electron chi connectivity index (χ3n) is 5.05. The minimum absolute atomic E-state index is 0.0909. The molecule has 2 aromatic carbocycles. The monoisotopic (exact) mass is 381 g/mol. The van der Waals surface area contributed by atoms with E-state index >= 15 is 0 Å². The highest BCUT2D eigenvalue weighted by Gasteiger charge is 2.24. The van der Waals surface area contributed by atoms with Crippen LogP contribution in [0.3, 0.4) is 0 Å². The fourth-order valence-electron chi connectivity index (χ4n) is 3.76. The van der Waals surface area contributed by atoms with Crippen molar-refractivity contribution < 1.29 is 4.79 Å². The van der Waals surface area contributed by atoms with Crippen molar-refractivity contribution in [2.75, 3.05) is 0 Å². The van der Waals surface area contributed by atoms with Crippen LogP contribution in [0.15, 0.2) is 46.9 Å². The number of aryl methyl sites for hydroxylation is 2. The Morgan fingerprint density at radius 2 is 1.83 bits per heavy atom. The van der Waals surface area contributed by atoms with E-state index in [1.54, 1.807) is 0 Å². The zero-order valence-corrected chi connectivity index (χ0v) is 15.4. The summed E-state index contributed by atoms with van der Waals surface area (Å²) in [6.45, 7) is 2.13. The van der Waals surface area contributed by atoms with Gasteiger partial charge in [-0.1, -0.05) is 35.0 Å². The lowest BCUT2D eigenvalue weighted by Gasteiger charge is -2.15. The van der Waals surface area contributed by atoms with Gasteiger partial charge in [0, 0.05) is 21.1 Å². The van der Waals surface area contributed by atoms with Gasteiger partial charge in [0.15, 0.2) is 0 Å². The standard InChI is InChI=1S/C21H20BrNO/c1-2-14-7-9-15(10-8-14)21(24)23-19-6-4-3-5-17(19)18-13-16(22)11-12-20(18)23/h7-13H,2-6H2,1H3. The van der Waals surface area contributed by atoms with Gasteiger partial charge in [0.05, 0.1) is 5.52 Å². The molecule has 2 nitrogen and oxygen atoms in total. The maximum Gasteiger partial charge on any atom is 0.262 e. The van der Waals surface area contributed by atoms with Gasteiger partial charge in [0.1, 0.15) is 0 Å². The van der Waals surface area contributed by atoms with Gasteiger partial charge in [0.2, 0.25) is 0 Å². The van der Waals surface area contributed by atoms with E-state index in [0.717, 1.165) is 41.2 Å². The Hall–Kier alpha value is -1.87. The van der Waals surface area contributed by atoms with Crippen molar-refractivity contribution in [2.24, 2.45) is 0 Å². The van der Waals surface area contributed by atoms with E-state index in [1.807, 2.05) is 22.8 Å². The SMILES string of the molecule is CCc1ccc(C(=O)n2c3c(c4cc(Br)ccc42)CCCC3)cc1. The summed E-state index contributed by atoms with van der Waals surface area (Å²) in [6.07, 6.45) is 5.41. The van der Waals surface area contributed by atoms with Crippen molar-refractivity contribution in [1.29, 1.82) is 0 Å². The molecular formula is C21H20BrNO. The number of rotatable bonds is 2. The molecule has 3 heteroatoms. The fourth-order valence-corrected chi connectivity index (χ4v) is 4.12. The van der Waals surface area contributed by atoms with Crippen LogP contribution in [-0.4, -0.2) is 10.5 Å². The second-order valence-electron chi connectivity index (χ2n) is 6.48. The summed E-state index contributed by atoms with van der Waals surface area (Å²) in [4.78, 5) is 13.2. The summed E-state index contributed by atoms with van der Waals surface area (Å²) < 4.78 is 3.03. The van der Waals surface area contributed by atoms with E-state index in [-0.39, 0.29) is 5.91 Å². The van der Waals surface area contributed by atoms with Crippen LogP contribution in [0.25, 0.3) is 10.9 Å². The molecule has 24 heavy (non-hydrogen) atoms. The lowest BCUT2D eigenvalue weighted by atomic mass is 9.95. The van der Waals surface area contributed by atoms with Gasteiger partial charge in [0.25, 0.3) is 5.91 Å². The van der Waals surface area contributed by atoms with E-state index in [1.165, 1.54) is 28.6 Å². The molecule has 4 rings (SSSR count). The predicted molar refractivity (Wildman–Crippen MR) is 102 cm³/mol. The number of carbonyl (C=O) groups is 1. The first-order chi connectivity index (χ1) is 11.7. The molecule has 0 spiro atoms. The van der Waals surface area contributed by atoms with Crippen LogP contribution in [-0.2, 0) is 19.3 Å². The summed E-state index contributed by atoms with van der Waals surface area (Å²) in [7, 11) is 0. The van der Waals surface area contributed by atoms with Gasteiger partial charge in [-0.2, -0.15) is 0 Å². The van der Waals surface area contributed by atoms with Crippen molar-refractivity contribution in [3.05, 3.63) is 69.3 Å². The number of hydrogen-bond donors (Lipinski definition) is 0. The van der Waals surface area contributed by atoms with Gasteiger partial charge in [-0.15, -0.1) is 0 Å². The Morgan fingerprint density at radius 1 is 1.08 bits per heavy atom. The molecule has 0 N–H and O–H groups in total. The molecule has 0 fully saturated rings. The first kappa shape index (κ1) is 15.6. The Morgan fingerprint density at radius 3 is 2.58 bits per heavy atom. The molecule has 0 aliphatic heterocycles. The highest BCUT2D eigenvalue weighted by atomic mass is 79.9. The lowest BCUT2D eigenvalue weighted by molar-refractivity contribution is 0.0961.